The minimum absolute atomic E-state index is 0.0859. The third kappa shape index (κ3) is 3.10. The average Bonchev–Trinajstić information content (AvgIpc) is 2.39. The van der Waals surface area contributed by atoms with Crippen molar-refractivity contribution < 1.29 is 0 Å². The highest BCUT2D eigenvalue weighted by Crippen LogP contribution is 2.22. The molecule has 0 atom stereocenters. The predicted octanol–water partition coefficient (Wildman–Crippen LogP) is 2.64. The maximum Gasteiger partial charge on any atom is 0.328 e. The van der Waals surface area contributed by atoms with Crippen molar-refractivity contribution in [3.8, 4) is 0 Å². The van der Waals surface area contributed by atoms with Gasteiger partial charge in [-0.15, -0.1) is 0 Å². The molecule has 1 aromatic carbocycles. The van der Waals surface area contributed by atoms with Crippen molar-refractivity contribution in [3.63, 3.8) is 0 Å². The molecular weight excluding hydrogens is 320 g/mol. The van der Waals surface area contributed by atoms with E-state index in [1.54, 1.807) is 0 Å². The summed E-state index contributed by atoms with van der Waals surface area (Å²) in [5.41, 5.74) is 1.50. The molecule has 4 nitrogen and oxygen atoms in total. The minimum Gasteiger partial charge on any atom is -0.313 e. The largest absolute Gasteiger partial charge is 0.328 e. The lowest BCUT2D eigenvalue weighted by Gasteiger charge is -2.19. The summed E-state index contributed by atoms with van der Waals surface area (Å²) in [6.45, 7) is 6.70. The molecule has 1 N–H and O–H groups in total. The molecule has 0 amide bonds. The van der Waals surface area contributed by atoms with E-state index < -0.39 is 5.69 Å². The standard InChI is InChI=1S/C15H17BrN2O2/c1-15(2,3)11-6-4-10(5-7-11)9-18-13(19)12(16)8-17-14(18)20/h4-8H,9H2,1-3H3,(H,17,20). The first-order valence-electron chi connectivity index (χ1n) is 6.36. The summed E-state index contributed by atoms with van der Waals surface area (Å²) in [7, 11) is 0. The Hall–Kier alpha value is -1.62. The van der Waals surface area contributed by atoms with Crippen LogP contribution in [0, 0.1) is 0 Å². The van der Waals surface area contributed by atoms with Crippen LogP contribution >= 0.6 is 15.9 Å². The Bertz CT molecular complexity index is 721. The van der Waals surface area contributed by atoms with Gasteiger partial charge < -0.3 is 4.98 Å². The van der Waals surface area contributed by atoms with E-state index >= 15 is 0 Å². The van der Waals surface area contributed by atoms with Gasteiger partial charge in [0.15, 0.2) is 0 Å². The second-order valence-corrected chi connectivity index (χ2v) is 6.63. The summed E-state index contributed by atoms with van der Waals surface area (Å²) in [5.74, 6) is 0. The van der Waals surface area contributed by atoms with Crippen LogP contribution in [0.25, 0.3) is 0 Å². The Morgan fingerprint density at radius 1 is 1.15 bits per heavy atom. The van der Waals surface area contributed by atoms with Crippen molar-refractivity contribution >= 4 is 15.9 Å². The van der Waals surface area contributed by atoms with Gasteiger partial charge in [-0.3, -0.25) is 9.36 Å². The highest BCUT2D eigenvalue weighted by Gasteiger charge is 2.13. The van der Waals surface area contributed by atoms with Crippen LogP contribution in [0.4, 0.5) is 0 Å². The lowest BCUT2D eigenvalue weighted by molar-refractivity contribution is 0.589. The number of aromatic amines is 1. The van der Waals surface area contributed by atoms with E-state index in [1.165, 1.54) is 16.3 Å². The number of nitrogens with zero attached hydrogens (tertiary/aromatic N) is 1. The number of nitrogens with one attached hydrogen (secondary N) is 1. The zero-order chi connectivity index (χ0) is 14.9. The van der Waals surface area contributed by atoms with Crippen molar-refractivity contribution in [2.24, 2.45) is 0 Å². The Morgan fingerprint density at radius 2 is 1.75 bits per heavy atom. The monoisotopic (exact) mass is 336 g/mol. The molecule has 0 aliphatic rings. The summed E-state index contributed by atoms with van der Waals surface area (Å²) < 4.78 is 1.53. The van der Waals surface area contributed by atoms with Crippen LogP contribution in [0.3, 0.4) is 0 Å². The van der Waals surface area contributed by atoms with E-state index in [-0.39, 0.29) is 17.5 Å². The van der Waals surface area contributed by atoms with E-state index in [4.69, 9.17) is 0 Å². The topological polar surface area (TPSA) is 54.9 Å². The second kappa shape index (κ2) is 5.40. The van der Waals surface area contributed by atoms with Crippen molar-refractivity contribution in [2.75, 3.05) is 0 Å². The average molecular weight is 337 g/mol. The van der Waals surface area contributed by atoms with Crippen LogP contribution in [0.5, 0.6) is 0 Å². The zero-order valence-corrected chi connectivity index (χ0v) is 13.3. The number of hydrogen-bond donors (Lipinski definition) is 1. The van der Waals surface area contributed by atoms with Crippen molar-refractivity contribution in [2.45, 2.75) is 32.7 Å². The van der Waals surface area contributed by atoms with Crippen LogP contribution < -0.4 is 11.2 Å². The Kier molecular flexibility index (Phi) is 3.99. The summed E-state index contributed by atoms with van der Waals surface area (Å²) in [6.07, 6.45) is 1.36. The normalized spacial score (nSPS) is 11.6. The molecule has 0 aliphatic carbocycles. The molecule has 20 heavy (non-hydrogen) atoms. The zero-order valence-electron chi connectivity index (χ0n) is 11.7. The van der Waals surface area contributed by atoms with Crippen LogP contribution in [0.1, 0.15) is 31.9 Å². The predicted molar refractivity (Wildman–Crippen MR) is 83.3 cm³/mol. The first-order chi connectivity index (χ1) is 9.29. The molecule has 0 unspecified atom stereocenters. The van der Waals surface area contributed by atoms with E-state index in [0.29, 0.717) is 4.47 Å². The highest BCUT2D eigenvalue weighted by molar-refractivity contribution is 9.10. The van der Waals surface area contributed by atoms with Gasteiger partial charge in [-0.05, 0) is 32.5 Å². The molecule has 0 aliphatic heterocycles. The maximum absolute atomic E-state index is 11.9. The number of hydrogen-bond acceptors (Lipinski definition) is 2. The molecule has 106 valence electrons. The highest BCUT2D eigenvalue weighted by atomic mass is 79.9. The molecule has 2 rings (SSSR count). The van der Waals surface area contributed by atoms with Gasteiger partial charge in [-0.25, -0.2) is 4.79 Å². The van der Waals surface area contributed by atoms with Crippen LogP contribution in [0.2, 0.25) is 0 Å². The molecule has 0 radical (unpaired) electrons. The lowest BCUT2D eigenvalue weighted by atomic mass is 9.87. The molecule has 0 bridgehead atoms. The molecule has 2 aromatic rings. The van der Waals surface area contributed by atoms with Gasteiger partial charge in [0.1, 0.15) is 0 Å². The van der Waals surface area contributed by atoms with Crippen LogP contribution in [0.15, 0.2) is 44.5 Å². The molecule has 5 heteroatoms. The number of H-pyrrole nitrogens is 1. The van der Waals surface area contributed by atoms with E-state index in [1.807, 2.05) is 24.3 Å². The molecule has 0 spiro atoms. The second-order valence-electron chi connectivity index (χ2n) is 5.78. The lowest BCUT2D eigenvalue weighted by Crippen LogP contribution is -2.35. The van der Waals surface area contributed by atoms with Gasteiger partial charge in [-0.2, -0.15) is 0 Å². The molecule has 0 saturated carbocycles. The summed E-state index contributed by atoms with van der Waals surface area (Å²) in [5, 5.41) is 0. The summed E-state index contributed by atoms with van der Waals surface area (Å²) in [6, 6.07) is 7.97. The van der Waals surface area contributed by atoms with Crippen molar-refractivity contribution in [1.29, 1.82) is 0 Å². The first kappa shape index (κ1) is 14.8. The number of rotatable bonds is 2. The van der Waals surface area contributed by atoms with E-state index in [9.17, 15) is 9.59 Å². The van der Waals surface area contributed by atoms with Gasteiger partial charge in [0.05, 0.1) is 11.0 Å². The Balaban J connectivity index is 2.35. The fourth-order valence-electron chi connectivity index (χ4n) is 1.92. The minimum atomic E-state index is -0.405. The quantitative estimate of drug-likeness (QED) is 0.916. The smallest absolute Gasteiger partial charge is 0.313 e. The molecule has 0 fully saturated rings. The van der Waals surface area contributed by atoms with Crippen LogP contribution in [-0.2, 0) is 12.0 Å². The fraction of sp³-hybridized carbons (Fsp3) is 0.333. The summed E-state index contributed by atoms with van der Waals surface area (Å²) in [4.78, 5) is 26.2. The Morgan fingerprint density at radius 3 is 2.30 bits per heavy atom. The van der Waals surface area contributed by atoms with Gasteiger partial charge in [-0.1, -0.05) is 45.0 Å². The maximum atomic E-state index is 11.9. The number of benzene rings is 1. The van der Waals surface area contributed by atoms with Crippen molar-refractivity contribution in [1.82, 2.24) is 9.55 Å². The van der Waals surface area contributed by atoms with Crippen LogP contribution in [-0.4, -0.2) is 9.55 Å². The third-order valence-electron chi connectivity index (χ3n) is 3.18. The van der Waals surface area contributed by atoms with Gasteiger partial charge >= 0.3 is 5.69 Å². The number of aromatic nitrogens is 2. The van der Waals surface area contributed by atoms with Gasteiger partial charge in [0, 0.05) is 6.20 Å². The van der Waals surface area contributed by atoms with E-state index in [2.05, 4.69) is 41.7 Å². The fourth-order valence-corrected chi connectivity index (χ4v) is 2.25. The molecule has 1 aromatic heterocycles. The van der Waals surface area contributed by atoms with E-state index in [0.717, 1.165) is 5.56 Å². The number of halogens is 1. The van der Waals surface area contributed by atoms with Crippen molar-refractivity contribution in [3.05, 3.63) is 66.9 Å². The molecule has 1 heterocycles. The molecule has 0 saturated heterocycles. The van der Waals surface area contributed by atoms with Gasteiger partial charge in [0.25, 0.3) is 5.56 Å². The SMILES string of the molecule is CC(C)(C)c1ccc(Cn2c(=O)[nH]cc(Br)c2=O)cc1. The first-order valence-corrected chi connectivity index (χ1v) is 7.16. The molecular formula is C15H17BrN2O2. The van der Waals surface area contributed by atoms with Gasteiger partial charge in [0.2, 0.25) is 0 Å². The summed E-state index contributed by atoms with van der Waals surface area (Å²) >= 11 is 3.13. The third-order valence-corrected chi connectivity index (χ3v) is 3.75. The Labute approximate surface area is 125 Å².